The summed E-state index contributed by atoms with van der Waals surface area (Å²) in [6.45, 7) is 0. The Morgan fingerprint density at radius 1 is 1.04 bits per heavy atom. The zero-order chi connectivity index (χ0) is 18.0. The van der Waals surface area contributed by atoms with Crippen LogP contribution in [0.2, 0.25) is 0 Å². The van der Waals surface area contributed by atoms with Crippen molar-refractivity contribution in [1.82, 2.24) is 9.78 Å². The molecule has 0 aliphatic carbocycles. The SMILES string of the molecule is Cn1nc(C#N)c(-c2ccc(-c3ccccc3C#N)cc2)c1C(=O)O. The highest BCUT2D eigenvalue weighted by atomic mass is 16.4. The van der Waals surface area contributed by atoms with Gasteiger partial charge in [-0.15, -0.1) is 0 Å². The van der Waals surface area contributed by atoms with Crippen LogP contribution >= 0.6 is 0 Å². The maximum atomic E-state index is 11.5. The fourth-order valence-electron chi connectivity index (χ4n) is 2.77. The fourth-order valence-corrected chi connectivity index (χ4v) is 2.77. The van der Waals surface area contributed by atoms with Gasteiger partial charge in [-0.1, -0.05) is 42.5 Å². The number of rotatable bonds is 3. The second kappa shape index (κ2) is 6.31. The number of hydrogen-bond donors (Lipinski definition) is 1. The molecular weight excluding hydrogens is 316 g/mol. The van der Waals surface area contributed by atoms with E-state index in [4.69, 9.17) is 0 Å². The first-order valence-electron chi connectivity index (χ1n) is 7.37. The molecule has 0 spiro atoms. The number of aromatic nitrogens is 2. The molecule has 6 nitrogen and oxygen atoms in total. The number of carboxylic acids is 1. The van der Waals surface area contributed by atoms with E-state index in [-0.39, 0.29) is 17.0 Å². The maximum Gasteiger partial charge on any atom is 0.354 e. The third kappa shape index (κ3) is 2.73. The molecule has 6 heteroatoms. The van der Waals surface area contributed by atoms with E-state index in [1.807, 2.05) is 18.2 Å². The van der Waals surface area contributed by atoms with Gasteiger partial charge < -0.3 is 5.11 Å². The molecule has 0 saturated carbocycles. The van der Waals surface area contributed by atoms with Gasteiger partial charge in [0.05, 0.1) is 17.2 Å². The molecule has 3 rings (SSSR count). The van der Waals surface area contributed by atoms with E-state index in [1.54, 1.807) is 36.4 Å². The summed E-state index contributed by atoms with van der Waals surface area (Å²) in [7, 11) is 1.49. The average Bonchev–Trinajstić information content (AvgIpc) is 2.98. The summed E-state index contributed by atoms with van der Waals surface area (Å²) in [4.78, 5) is 11.5. The number of carboxylic acid groups (broad SMARTS) is 1. The predicted octanol–water partition coefficient (Wildman–Crippen LogP) is 3.20. The Morgan fingerprint density at radius 2 is 1.68 bits per heavy atom. The Bertz CT molecular complexity index is 1050. The standard InChI is InChI=1S/C19H12N4O2/c1-23-18(19(24)25)17(16(11-21)22-23)13-8-6-12(7-9-13)15-5-3-2-4-14(15)10-20/h2-9H,1H3,(H,24,25). The molecule has 1 heterocycles. The quantitative estimate of drug-likeness (QED) is 0.795. The normalized spacial score (nSPS) is 10.0. The predicted molar refractivity (Wildman–Crippen MR) is 90.5 cm³/mol. The van der Waals surface area contributed by atoms with Gasteiger partial charge in [0.1, 0.15) is 6.07 Å². The highest BCUT2D eigenvalue weighted by molar-refractivity contribution is 5.96. The number of nitrogens with zero attached hydrogens (tertiary/aromatic N) is 4. The lowest BCUT2D eigenvalue weighted by Gasteiger charge is -2.06. The monoisotopic (exact) mass is 328 g/mol. The van der Waals surface area contributed by atoms with Crippen LogP contribution in [0.5, 0.6) is 0 Å². The van der Waals surface area contributed by atoms with Crippen LogP contribution < -0.4 is 0 Å². The van der Waals surface area contributed by atoms with E-state index in [0.29, 0.717) is 11.1 Å². The molecule has 2 aromatic carbocycles. The van der Waals surface area contributed by atoms with Crippen molar-refractivity contribution in [2.75, 3.05) is 0 Å². The van der Waals surface area contributed by atoms with E-state index < -0.39 is 5.97 Å². The van der Waals surface area contributed by atoms with Crippen LogP contribution in [-0.4, -0.2) is 20.9 Å². The van der Waals surface area contributed by atoms with Crippen molar-refractivity contribution in [2.45, 2.75) is 0 Å². The molecular formula is C19H12N4O2. The number of hydrogen-bond acceptors (Lipinski definition) is 4. The second-order valence-electron chi connectivity index (χ2n) is 5.35. The van der Waals surface area contributed by atoms with Crippen LogP contribution in [0.1, 0.15) is 21.7 Å². The summed E-state index contributed by atoms with van der Waals surface area (Å²) < 4.78 is 1.19. The van der Waals surface area contributed by atoms with Crippen molar-refractivity contribution in [1.29, 1.82) is 10.5 Å². The summed E-state index contributed by atoms with van der Waals surface area (Å²) in [6, 6.07) is 18.4. The minimum atomic E-state index is -1.15. The second-order valence-corrected chi connectivity index (χ2v) is 5.35. The van der Waals surface area contributed by atoms with Crippen LogP contribution in [0.4, 0.5) is 0 Å². The Labute approximate surface area is 143 Å². The smallest absolute Gasteiger partial charge is 0.354 e. The van der Waals surface area contributed by atoms with E-state index >= 15 is 0 Å². The van der Waals surface area contributed by atoms with Gasteiger partial charge in [-0.2, -0.15) is 15.6 Å². The van der Waals surface area contributed by atoms with Gasteiger partial charge in [-0.05, 0) is 22.8 Å². The van der Waals surface area contributed by atoms with Crippen molar-refractivity contribution in [3.8, 4) is 34.4 Å². The maximum absolute atomic E-state index is 11.5. The molecule has 1 aromatic heterocycles. The van der Waals surface area contributed by atoms with Gasteiger partial charge in [0.15, 0.2) is 11.4 Å². The van der Waals surface area contributed by atoms with Gasteiger partial charge in [0.25, 0.3) is 0 Å². The molecule has 120 valence electrons. The summed E-state index contributed by atoms with van der Waals surface area (Å²) in [5.74, 6) is -1.15. The first kappa shape index (κ1) is 16.0. The minimum Gasteiger partial charge on any atom is -0.477 e. The van der Waals surface area contributed by atoms with Crippen molar-refractivity contribution >= 4 is 5.97 Å². The lowest BCUT2D eigenvalue weighted by atomic mass is 9.96. The van der Waals surface area contributed by atoms with Gasteiger partial charge in [0, 0.05) is 7.05 Å². The van der Waals surface area contributed by atoms with E-state index in [1.165, 1.54) is 11.7 Å². The third-order valence-electron chi connectivity index (χ3n) is 3.89. The molecule has 0 atom stereocenters. The van der Waals surface area contributed by atoms with Gasteiger partial charge in [0.2, 0.25) is 0 Å². The van der Waals surface area contributed by atoms with Crippen LogP contribution in [0.3, 0.4) is 0 Å². The first-order chi connectivity index (χ1) is 12.1. The fraction of sp³-hybridized carbons (Fsp3) is 0.0526. The van der Waals surface area contributed by atoms with E-state index in [0.717, 1.165) is 11.1 Å². The number of aromatic carboxylic acids is 1. The number of aryl methyl sites for hydroxylation is 1. The highest BCUT2D eigenvalue weighted by Crippen LogP contribution is 2.30. The summed E-state index contributed by atoms with van der Waals surface area (Å²) in [6.07, 6.45) is 0. The van der Waals surface area contributed by atoms with Crippen LogP contribution in [0.25, 0.3) is 22.3 Å². The van der Waals surface area contributed by atoms with Gasteiger partial charge >= 0.3 is 5.97 Å². The molecule has 25 heavy (non-hydrogen) atoms. The third-order valence-corrected chi connectivity index (χ3v) is 3.89. The topological polar surface area (TPSA) is 103 Å². The Hall–Kier alpha value is -3.90. The molecule has 3 aromatic rings. The summed E-state index contributed by atoms with van der Waals surface area (Å²) in [5, 5.41) is 31.8. The van der Waals surface area contributed by atoms with Crippen molar-refractivity contribution < 1.29 is 9.90 Å². The summed E-state index contributed by atoms with van der Waals surface area (Å²) in [5.41, 5.74) is 3.08. The van der Waals surface area contributed by atoms with Crippen LogP contribution in [0, 0.1) is 22.7 Å². The molecule has 0 unspecified atom stereocenters. The largest absolute Gasteiger partial charge is 0.477 e. The molecule has 0 fully saturated rings. The van der Waals surface area contributed by atoms with Crippen molar-refractivity contribution in [3.63, 3.8) is 0 Å². The molecule has 1 N–H and O–H groups in total. The van der Waals surface area contributed by atoms with Crippen molar-refractivity contribution in [3.05, 3.63) is 65.5 Å². The molecule has 0 bridgehead atoms. The summed E-state index contributed by atoms with van der Waals surface area (Å²) >= 11 is 0. The average molecular weight is 328 g/mol. The van der Waals surface area contributed by atoms with E-state index in [9.17, 15) is 20.4 Å². The molecule has 0 radical (unpaired) electrons. The number of carbonyl (C=O) groups is 1. The Balaban J connectivity index is 2.13. The first-order valence-corrected chi connectivity index (χ1v) is 7.37. The lowest BCUT2D eigenvalue weighted by Crippen LogP contribution is -2.06. The molecule has 0 saturated heterocycles. The number of benzene rings is 2. The van der Waals surface area contributed by atoms with Gasteiger partial charge in [-0.3, -0.25) is 4.68 Å². The minimum absolute atomic E-state index is 0.0401. The number of nitriles is 2. The lowest BCUT2D eigenvalue weighted by molar-refractivity contribution is 0.0686. The van der Waals surface area contributed by atoms with Crippen LogP contribution in [0.15, 0.2) is 48.5 Å². The zero-order valence-electron chi connectivity index (χ0n) is 13.3. The zero-order valence-corrected chi connectivity index (χ0v) is 13.3. The molecule has 0 aliphatic heterocycles. The molecule has 0 aliphatic rings. The van der Waals surface area contributed by atoms with Crippen molar-refractivity contribution in [2.24, 2.45) is 7.05 Å². The molecule has 0 amide bonds. The Morgan fingerprint density at radius 3 is 2.28 bits per heavy atom. The van der Waals surface area contributed by atoms with Gasteiger partial charge in [-0.25, -0.2) is 4.79 Å². The van der Waals surface area contributed by atoms with Crippen LogP contribution in [-0.2, 0) is 7.05 Å². The Kier molecular flexibility index (Phi) is 4.03. The van der Waals surface area contributed by atoms with E-state index in [2.05, 4.69) is 11.2 Å². The highest BCUT2D eigenvalue weighted by Gasteiger charge is 2.22.